The van der Waals surface area contributed by atoms with E-state index in [4.69, 9.17) is 0 Å². The van der Waals surface area contributed by atoms with Gasteiger partial charge in [-0.05, 0) is 37.9 Å². The lowest BCUT2D eigenvalue weighted by molar-refractivity contribution is -0.122. The van der Waals surface area contributed by atoms with Gasteiger partial charge in [-0.1, -0.05) is 25.1 Å². The summed E-state index contributed by atoms with van der Waals surface area (Å²) in [6.45, 7) is 5.58. The molecule has 0 aromatic heterocycles. The molecule has 2 amide bonds. The van der Waals surface area contributed by atoms with E-state index in [1.165, 1.54) is 0 Å². The molecule has 0 spiro atoms. The SMILES string of the molecule is CCN[C@H](C)CNC(=O)CCC1Cc2ccccc2NC1=O. The Morgan fingerprint density at radius 1 is 1.41 bits per heavy atom. The second-order valence-corrected chi connectivity index (χ2v) is 5.85. The van der Waals surface area contributed by atoms with Gasteiger partial charge in [-0.15, -0.1) is 0 Å². The van der Waals surface area contributed by atoms with E-state index in [-0.39, 0.29) is 23.8 Å². The third-order valence-electron chi connectivity index (χ3n) is 3.99. The summed E-state index contributed by atoms with van der Waals surface area (Å²) in [4.78, 5) is 23.9. The summed E-state index contributed by atoms with van der Waals surface area (Å²) < 4.78 is 0. The van der Waals surface area contributed by atoms with E-state index in [0.717, 1.165) is 17.8 Å². The van der Waals surface area contributed by atoms with Crippen LogP contribution in [0.3, 0.4) is 0 Å². The molecule has 5 nitrogen and oxygen atoms in total. The maximum absolute atomic E-state index is 12.1. The number of anilines is 1. The molecule has 120 valence electrons. The summed E-state index contributed by atoms with van der Waals surface area (Å²) in [5, 5.41) is 9.07. The molecule has 1 aliphatic heterocycles. The van der Waals surface area contributed by atoms with Crippen LogP contribution in [0.5, 0.6) is 0 Å². The minimum atomic E-state index is -0.119. The van der Waals surface area contributed by atoms with E-state index in [0.29, 0.717) is 25.8 Å². The molecule has 0 fully saturated rings. The van der Waals surface area contributed by atoms with Gasteiger partial charge < -0.3 is 16.0 Å². The van der Waals surface area contributed by atoms with Gasteiger partial charge in [0.25, 0.3) is 0 Å². The molecule has 1 unspecified atom stereocenters. The van der Waals surface area contributed by atoms with Crippen molar-refractivity contribution in [2.75, 3.05) is 18.4 Å². The molecule has 1 heterocycles. The van der Waals surface area contributed by atoms with Gasteiger partial charge in [0.15, 0.2) is 0 Å². The van der Waals surface area contributed by atoms with Crippen molar-refractivity contribution in [1.29, 1.82) is 0 Å². The molecule has 1 aromatic carbocycles. The maximum atomic E-state index is 12.1. The number of hydrogen-bond acceptors (Lipinski definition) is 3. The number of benzene rings is 1. The fourth-order valence-corrected chi connectivity index (χ4v) is 2.73. The van der Waals surface area contributed by atoms with E-state index in [1.807, 2.05) is 38.1 Å². The Balaban J connectivity index is 1.77. The van der Waals surface area contributed by atoms with Crippen molar-refractivity contribution in [3.05, 3.63) is 29.8 Å². The average Bonchev–Trinajstić information content (AvgIpc) is 2.51. The third kappa shape index (κ3) is 4.56. The van der Waals surface area contributed by atoms with Crippen molar-refractivity contribution >= 4 is 17.5 Å². The van der Waals surface area contributed by atoms with Crippen LogP contribution in [0.2, 0.25) is 0 Å². The second-order valence-electron chi connectivity index (χ2n) is 5.85. The Hall–Kier alpha value is -1.88. The topological polar surface area (TPSA) is 70.2 Å². The van der Waals surface area contributed by atoms with Gasteiger partial charge in [0, 0.05) is 30.6 Å². The first-order valence-corrected chi connectivity index (χ1v) is 7.99. The van der Waals surface area contributed by atoms with Crippen LogP contribution in [0, 0.1) is 5.92 Å². The van der Waals surface area contributed by atoms with Crippen LogP contribution in [0.1, 0.15) is 32.3 Å². The summed E-state index contributed by atoms with van der Waals surface area (Å²) in [5.74, 6) is -0.0873. The quantitative estimate of drug-likeness (QED) is 0.718. The highest BCUT2D eigenvalue weighted by atomic mass is 16.2. The van der Waals surface area contributed by atoms with E-state index < -0.39 is 0 Å². The van der Waals surface area contributed by atoms with E-state index in [2.05, 4.69) is 16.0 Å². The molecule has 5 heteroatoms. The molecule has 2 rings (SSSR count). The summed E-state index contributed by atoms with van der Waals surface area (Å²) in [7, 11) is 0. The number of para-hydroxylation sites is 1. The van der Waals surface area contributed by atoms with Crippen molar-refractivity contribution in [2.45, 2.75) is 39.2 Å². The normalized spacial score (nSPS) is 18.3. The first-order valence-electron chi connectivity index (χ1n) is 7.99. The molecule has 1 aromatic rings. The number of likely N-dealkylation sites (N-methyl/N-ethyl adjacent to an activating group) is 1. The number of nitrogens with one attached hydrogen (secondary N) is 3. The zero-order valence-corrected chi connectivity index (χ0v) is 13.3. The Labute approximate surface area is 131 Å². The van der Waals surface area contributed by atoms with Gasteiger partial charge in [0.2, 0.25) is 11.8 Å². The number of carbonyl (C=O) groups is 2. The fourth-order valence-electron chi connectivity index (χ4n) is 2.73. The van der Waals surface area contributed by atoms with Gasteiger partial charge in [-0.25, -0.2) is 0 Å². The van der Waals surface area contributed by atoms with Gasteiger partial charge in [0.05, 0.1) is 0 Å². The Bertz CT molecular complexity index is 530. The number of hydrogen-bond donors (Lipinski definition) is 3. The molecule has 0 radical (unpaired) electrons. The van der Waals surface area contributed by atoms with E-state index >= 15 is 0 Å². The monoisotopic (exact) mass is 303 g/mol. The zero-order chi connectivity index (χ0) is 15.9. The van der Waals surface area contributed by atoms with Crippen LogP contribution < -0.4 is 16.0 Å². The van der Waals surface area contributed by atoms with Crippen molar-refractivity contribution < 1.29 is 9.59 Å². The molecule has 0 saturated carbocycles. The smallest absolute Gasteiger partial charge is 0.227 e. The predicted molar refractivity (Wildman–Crippen MR) is 87.6 cm³/mol. The first kappa shape index (κ1) is 16.5. The van der Waals surface area contributed by atoms with Crippen LogP contribution in [-0.2, 0) is 16.0 Å². The lowest BCUT2D eigenvalue weighted by Gasteiger charge is -2.24. The highest BCUT2D eigenvalue weighted by Gasteiger charge is 2.26. The van der Waals surface area contributed by atoms with E-state index in [9.17, 15) is 9.59 Å². The van der Waals surface area contributed by atoms with Crippen LogP contribution in [0.15, 0.2) is 24.3 Å². The molecular formula is C17H25N3O2. The van der Waals surface area contributed by atoms with Crippen LogP contribution in [-0.4, -0.2) is 30.9 Å². The highest BCUT2D eigenvalue weighted by Crippen LogP contribution is 2.27. The van der Waals surface area contributed by atoms with Crippen LogP contribution >= 0.6 is 0 Å². The number of rotatable bonds is 7. The minimum Gasteiger partial charge on any atom is -0.355 e. The average molecular weight is 303 g/mol. The second kappa shape index (κ2) is 7.94. The Kier molecular flexibility index (Phi) is 5.95. The molecular weight excluding hydrogens is 278 g/mol. The number of amides is 2. The summed E-state index contributed by atoms with van der Waals surface area (Å²) in [6.07, 6.45) is 1.68. The first-order chi connectivity index (χ1) is 10.6. The highest BCUT2D eigenvalue weighted by molar-refractivity contribution is 5.96. The van der Waals surface area contributed by atoms with Crippen molar-refractivity contribution in [3.8, 4) is 0 Å². The molecule has 0 bridgehead atoms. The molecule has 0 aliphatic carbocycles. The summed E-state index contributed by atoms with van der Waals surface area (Å²) >= 11 is 0. The Morgan fingerprint density at radius 3 is 2.95 bits per heavy atom. The minimum absolute atomic E-state index is 0.0106. The van der Waals surface area contributed by atoms with Gasteiger partial charge in [0.1, 0.15) is 0 Å². The van der Waals surface area contributed by atoms with Gasteiger partial charge >= 0.3 is 0 Å². The summed E-state index contributed by atoms with van der Waals surface area (Å²) in [6, 6.07) is 8.09. The number of carbonyl (C=O) groups excluding carboxylic acids is 2. The van der Waals surface area contributed by atoms with E-state index in [1.54, 1.807) is 0 Å². The maximum Gasteiger partial charge on any atom is 0.227 e. The van der Waals surface area contributed by atoms with Crippen molar-refractivity contribution in [3.63, 3.8) is 0 Å². The molecule has 0 saturated heterocycles. The third-order valence-corrected chi connectivity index (χ3v) is 3.99. The molecule has 1 aliphatic rings. The van der Waals surface area contributed by atoms with Crippen molar-refractivity contribution in [2.24, 2.45) is 5.92 Å². The molecule has 3 N–H and O–H groups in total. The Morgan fingerprint density at radius 2 is 2.18 bits per heavy atom. The molecule has 22 heavy (non-hydrogen) atoms. The lowest BCUT2D eigenvalue weighted by Crippen LogP contribution is -2.39. The largest absolute Gasteiger partial charge is 0.355 e. The number of fused-ring (bicyclic) bond motifs is 1. The fraction of sp³-hybridized carbons (Fsp3) is 0.529. The van der Waals surface area contributed by atoms with Gasteiger partial charge in [-0.3, -0.25) is 9.59 Å². The predicted octanol–water partition coefficient (Wildman–Crippen LogP) is 1.69. The van der Waals surface area contributed by atoms with Crippen LogP contribution in [0.4, 0.5) is 5.69 Å². The standard InChI is InChI=1S/C17H25N3O2/c1-3-18-12(2)11-19-16(21)9-8-14-10-13-6-4-5-7-15(13)20-17(14)22/h4-7,12,14,18H,3,8-11H2,1-2H3,(H,19,21)(H,20,22)/t12-,14?/m1/s1. The van der Waals surface area contributed by atoms with Crippen LogP contribution in [0.25, 0.3) is 0 Å². The lowest BCUT2D eigenvalue weighted by atomic mass is 9.89. The summed E-state index contributed by atoms with van der Waals surface area (Å²) in [5.41, 5.74) is 2.04. The van der Waals surface area contributed by atoms with Crippen molar-refractivity contribution in [1.82, 2.24) is 10.6 Å². The zero-order valence-electron chi connectivity index (χ0n) is 13.3. The molecule has 2 atom stereocenters. The van der Waals surface area contributed by atoms with Gasteiger partial charge in [-0.2, -0.15) is 0 Å².